The molecule has 0 amide bonds. The van der Waals surface area contributed by atoms with E-state index in [1.165, 1.54) is 0 Å². The molecule has 0 saturated carbocycles. The van der Waals surface area contributed by atoms with Crippen molar-refractivity contribution in [3.8, 4) is 0 Å². The molecule has 0 saturated heterocycles. The second kappa shape index (κ2) is 3.70. The predicted molar refractivity (Wildman–Crippen MR) is 40.2 cm³/mol. The standard InChI is InChI=1S/C7H8O6/c1-2-3-7(4(8)9,5(10)11)6(12)13/h2H,1,3H2,(H,8,9)(H,10,11)(H,12,13). The Morgan fingerprint density at radius 1 is 1.08 bits per heavy atom. The Morgan fingerprint density at radius 2 is 1.38 bits per heavy atom. The highest BCUT2D eigenvalue weighted by atomic mass is 16.4. The normalized spacial score (nSPS) is 10.5. The summed E-state index contributed by atoms with van der Waals surface area (Å²) in [7, 11) is 0. The second-order valence-corrected chi connectivity index (χ2v) is 2.31. The van der Waals surface area contributed by atoms with Crippen LogP contribution in [-0.4, -0.2) is 33.2 Å². The molecular weight excluding hydrogens is 180 g/mol. The summed E-state index contributed by atoms with van der Waals surface area (Å²) in [6, 6.07) is 0. The van der Waals surface area contributed by atoms with E-state index in [-0.39, 0.29) is 0 Å². The highest BCUT2D eigenvalue weighted by molar-refractivity contribution is 6.16. The number of rotatable bonds is 5. The Hall–Kier alpha value is -1.85. The van der Waals surface area contributed by atoms with Gasteiger partial charge in [-0.15, -0.1) is 6.58 Å². The van der Waals surface area contributed by atoms with Gasteiger partial charge in [0.15, 0.2) is 0 Å². The molecular formula is C7H8O6. The van der Waals surface area contributed by atoms with Gasteiger partial charge in [0, 0.05) is 6.42 Å². The first kappa shape index (κ1) is 11.2. The molecule has 0 spiro atoms. The van der Waals surface area contributed by atoms with Gasteiger partial charge in [-0.2, -0.15) is 0 Å². The van der Waals surface area contributed by atoms with Crippen LogP contribution in [0.25, 0.3) is 0 Å². The molecule has 0 aromatic rings. The minimum atomic E-state index is -2.82. The van der Waals surface area contributed by atoms with E-state index in [1.54, 1.807) is 0 Å². The van der Waals surface area contributed by atoms with Crippen LogP contribution in [0.2, 0.25) is 0 Å². The van der Waals surface area contributed by atoms with Gasteiger partial charge in [0.05, 0.1) is 0 Å². The first-order valence-electron chi connectivity index (χ1n) is 3.20. The lowest BCUT2D eigenvalue weighted by Crippen LogP contribution is -2.46. The molecule has 0 aliphatic rings. The molecule has 0 aliphatic heterocycles. The third-order valence-corrected chi connectivity index (χ3v) is 1.55. The highest BCUT2D eigenvalue weighted by Crippen LogP contribution is 2.23. The summed E-state index contributed by atoms with van der Waals surface area (Å²) >= 11 is 0. The van der Waals surface area contributed by atoms with Crippen LogP contribution in [0, 0.1) is 5.41 Å². The van der Waals surface area contributed by atoms with Crippen LogP contribution in [0.3, 0.4) is 0 Å². The van der Waals surface area contributed by atoms with Crippen LogP contribution in [0.5, 0.6) is 0 Å². The van der Waals surface area contributed by atoms with Crippen LogP contribution in [0.15, 0.2) is 12.7 Å². The van der Waals surface area contributed by atoms with Crippen molar-refractivity contribution in [2.24, 2.45) is 5.41 Å². The van der Waals surface area contributed by atoms with Crippen molar-refractivity contribution in [1.29, 1.82) is 0 Å². The van der Waals surface area contributed by atoms with Gasteiger partial charge in [-0.1, -0.05) is 6.08 Å². The van der Waals surface area contributed by atoms with E-state index >= 15 is 0 Å². The van der Waals surface area contributed by atoms with Gasteiger partial charge >= 0.3 is 17.9 Å². The third kappa shape index (κ3) is 1.66. The van der Waals surface area contributed by atoms with Gasteiger partial charge < -0.3 is 15.3 Å². The summed E-state index contributed by atoms with van der Waals surface area (Å²) in [5.74, 6) is -5.73. The van der Waals surface area contributed by atoms with E-state index in [0.717, 1.165) is 6.08 Å². The van der Waals surface area contributed by atoms with Crippen molar-refractivity contribution in [3.05, 3.63) is 12.7 Å². The van der Waals surface area contributed by atoms with Crippen molar-refractivity contribution < 1.29 is 29.7 Å². The third-order valence-electron chi connectivity index (χ3n) is 1.55. The fourth-order valence-electron chi connectivity index (χ4n) is 0.753. The lowest BCUT2D eigenvalue weighted by molar-refractivity contribution is -0.175. The molecule has 0 bridgehead atoms. The van der Waals surface area contributed by atoms with Gasteiger partial charge in [-0.3, -0.25) is 14.4 Å². The molecule has 0 aromatic heterocycles. The summed E-state index contributed by atoms with van der Waals surface area (Å²) in [5.41, 5.74) is -2.82. The Morgan fingerprint density at radius 3 is 1.46 bits per heavy atom. The number of hydrogen-bond donors (Lipinski definition) is 3. The molecule has 6 nitrogen and oxygen atoms in total. The van der Waals surface area contributed by atoms with Crippen molar-refractivity contribution >= 4 is 17.9 Å². The zero-order valence-corrected chi connectivity index (χ0v) is 6.56. The second-order valence-electron chi connectivity index (χ2n) is 2.31. The fourth-order valence-corrected chi connectivity index (χ4v) is 0.753. The molecule has 0 aromatic carbocycles. The van der Waals surface area contributed by atoms with E-state index in [2.05, 4.69) is 6.58 Å². The van der Waals surface area contributed by atoms with E-state index in [0.29, 0.717) is 0 Å². The summed E-state index contributed by atoms with van der Waals surface area (Å²) in [5, 5.41) is 25.5. The maximum absolute atomic E-state index is 10.5. The number of hydrogen-bond acceptors (Lipinski definition) is 3. The van der Waals surface area contributed by atoms with Crippen molar-refractivity contribution in [2.45, 2.75) is 6.42 Å². The number of allylic oxidation sites excluding steroid dienone is 1. The molecule has 0 atom stereocenters. The topological polar surface area (TPSA) is 112 Å². The Balaban J connectivity index is 5.29. The van der Waals surface area contributed by atoms with E-state index in [4.69, 9.17) is 15.3 Å². The van der Waals surface area contributed by atoms with Crippen LogP contribution < -0.4 is 0 Å². The van der Waals surface area contributed by atoms with Gasteiger partial charge in [0.1, 0.15) is 0 Å². The highest BCUT2D eigenvalue weighted by Gasteiger charge is 2.53. The Bertz CT molecular complexity index is 230. The quantitative estimate of drug-likeness (QED) is 0.407. The maximum Gasteiger partial charge on any atom is 0.333 e. The minimum absolute atomic E-state index is 0.660. The predicted octanol–water partition coefficient (Wildman–Crippen LogP) is -0.197. The van der Waals surface area contributed by atoms with Gasteiger partial charge in [-0.25, -0.2) is 0 Å². The molecule has 6 heteroatoms. The SMILES string of the molecule is C=CCC(C(=O)O)(C(=O)O)C(=O)O. The van der Waals surface area contributed by atoms with E-state index in [9.17, 15) is 14.4 Å². The molecule has 0 rings (SSSR count). The van der Waals surface area contributed by atoms with Crippen molar-refractivity contribution in [1.82, 2.24) is 0 Å². The number of carboxylic acid groups (broad SMARTS) is 3. The number of carboxylic acids is 3. The monoisotopic (exact) mass is 188 g/mol. The maximum atomic E-state index is 10.5. The molecule has 0 unspecified atom stereocenters. The lowest BCUT2D eigenvalue weighted by Gasteiger charge is -2.17. The van der Waals surface area contributed by atoms with Crippen LogP contribution in [0.1, 0.15) is 6.42 Å². The van der Waals surface area contributed by atoms with Crippen molar-refractivity contribution in [2.75, 3.05) is 0 Å². The zero-order valence-electron chi connectivity index (χ0n) is 6.56. The average molecular weight is 188 g/mol. The number of carbonyl (C=O) groups is 3. The Labute approximate surface area is 73.1 Å². The average Bonchev–Trinajstić information content (AvgIpc) is 1.97. The molecule has 0 aliphatic carbocycles. The summed E-state index contributed by atoms with van der Waals surface area (Å²) in [6.45, 7) is 3.10. The molecule has 0 fully saturated rings. The molecule has 0 heterocycles. The largest absolute Gasteiger partial charge is 0.480 e. The van der Waals surface area contributed by atoms with Gasteiger partial charge in [0.25, 0.3) is 5.41 Å². The van der Waals surface area contributed by atoms with Crippen LogP contribution in [0.4, 0.5) is 0 Å². The van der Waals surface area contributed by atoms with Crippen LogP contribution in [-0.2, 0) is 14.4 Å². The first-order chi connectivity index (χ1) is 5.89. The number of aliphatic carboxylic acids is 3. The zero-order chi connectivity index (χ0) is 10.6. The molecule has 72 valence electrons. The lowest BCUT2D eigenvalue weighted by atomic mass is 9.85. The summed E-state index contributed by atoms with van der Waals surface area (Å²) < 4.78 is 0. The molecule has 3 N–H and O–H groups in total. The van der Waals surface area contributed by atoms with Gasteiger partial charge in [0.2, 0.25) is 0 Å². The smallest absolute Gasteiger partial charge is 0.333 e. The molecule has 13 heavy (non-hydrogen) atoms. The first-order valence-corrected chi connectivity index (χ1v) is 3.20. The minimum Gasteiger partial charge on any atom is -0.480 e. The van der Waals surface area contributed by atoms with Crippen molar-refractivity contribution in [3.63, 3.8) is 0 Å². The van der Waals surface area contributed by atoms with Gasteiger partial charge in [-0.05, 0) is 0 Å². The fraction of sp³-hybridized carbons (Fsp3) is 0.286. The van der Waals surface area contributed by atoms with Crippen LogP contribution >= 0.6 is 0 Å². The Kier molecular flexibility index (Phi) is 3.18. The summed E-state index contributed by atoms with van der Waals surface area (Å²) in [4.78, 5) is 31.5. The van der Waals surface area contributed by atoms with E-state index < -0.39 is 29.7 Å². The summed E-state index contributed by atoms with van der Waals surface area (Å²) in [6.07, 6.45) is 0.281. The molecule has 0 radical (unpaired) electrons. The van der Waals surface area contributed by atoms with E-state index in [1.807, 2.05) is 0 Å².